The highest BCUT2D eigenvalue weighted by atomic mass is 16.1. The normalized spacial score (nSPS) is 37.4. The molecule has 2 fully saturated rings. The van der Waals surface area contributed by atoms with Crippen molar-refractivity contribution in [3.63, 3.8) is 0 Å². The van der Waals surface area contributed by atoms with Crippen LogP contribution in [0.15, 0.2) is 0 Å². The highest BCUT2D eigenvalue weighted by Gasteiger charge is 2.36. The maximum Gasteiger partial charge on any atom is 0.220 e. The fraction of sp³-hybridized carbons (Fsp3) is 0.923. The lowest BCUT2D eigenvalue weighted by molar-refractivity contribution is -0.123. The predicted molar refractivity (Wildman–Crippen MR) is 61.6 cm³/mol. The number of hydrogen-bond acceptors (Lipinski definition) is 1. The first kappa shape index (κ1) is 11.0. The van der Waals surface area contributed by atoms with Gasteiger partial charge >= 0.3 is 0 Å². The highest BCUT2D eigenvalue weighted by molar-refractivity contribution is 5.77. The Hall–Kier alpha value is -0.530. The van der Waals surface area contributed by atoms with Crippen LogP contribution >= 0.6 is 0 Å². The van der Waals surface area contributed by atoms with Crippen molar-refractivity contribution < 1.29 is 4.79 Å². The van der Waals surface area contributed by atoms with Crippen molar-refractivity contribution in [1.82, 2.24) is 5.32 Å². The van der Waals surface area contributed by atoms with E-state index in [1.807, 2.05) is 0 Å². The zero-order valence-electron chi connectivity index (χ0n) is 9.85. The SMILES string of the molecule is CCC1CCC2(CCCCC(=O)N2)CC1. The first-order valence-corrected chi connectivity index (χ1v) is 6.55. The lowest BCUT2D eigenvalue weighted by atomic mass is 9.73. The third-order valence-corrected chi connectivity index (χ3v) is 4.35. The molecule has 1 spiro atoms. The van der Waals surface area contributed by atoms with Gasteiger partial charge in [0, 0.05) is 12.0 Å². The Morgan fingerprint density at radius 1 is 1.27 bits per heavy atom. The zero-order chi connectivity index (χ0) is 10.7. The molecule has 0 bridgehead atoms. The van der Waals surface area contributed by atoms with E-state index in [0.29, 0.717) is 5.91 Å². The first-order valence-electron chi connectivity index (χ1n) is 6.55. The number of nitrogens with one attached hydrogen (secondary N) is 1. The largest absolute Gasteiger partial charge is 0.351 e. The van der Waals surface area contributed by atoms with Crippen molar-refractivity contribution in [2.75, 3.05) is 0 Å². The van der Waals surface area contributed by atoms with Crippen molar-refractivity contribution in [2.45, 2.75) is 70.3 Å². The molecule has 0 aromatic heterocycles. The minimum atomic E-state index is 0.194. The third kappa shape index (κ3) is 2.53. The molecule has 0 aromatic rings. The summed E-state index contributed by atoms with van der Waals surface area (Å²) in [6.07, 6.45) is 10.7. The van der Waals surface area contributed by atoms with Crippen molar-refractivity contribution in [2.24, 2.45) is 5.92 Å². The molecule has 2 nitrogen and oxygen atoms in total. The Kier molecular flexibility index (Phi) is 3.32. The van der Waals surface area contributed by atoms with Gasteiger partial charge in [0.25, 0.3) is 0 Å². The summed E-state index contributed by atoms with van der Waals surface area (Å²) in [7, 11) is 0. The van der Waals surface area contributed by atoms with Crippen LogP contribution in [0.25, 0.3) is 0 Å². The van der Waals surface area contributed by atoms with E-state index in [9.17, 15) is 4.79 Å². The second-order valence-corrected chi connectivity index (χ2v) is 5.39. The second kappa shape index (κ2) is 4.54. The van der Waals surface area contributed by atoms with E-state index in [1.54, 1.807) is 0 Å². The van der Waals surface area contributed by atoms with Gasteiger partial charge in [-0.3, -0.25) is 4.79 Å². The first-order chi connectivity index (χ1) is 7.24. The summed E-state index contributed by atoms with van der Waals surface area (Å²) in [5.74, 6) is 1.21. The Balaban J connectivity index is 1.97. The molecule has 1 aliphatic carbocycles. The summed E-state index contributed by atoms with van der Waals surface area (Å²) in [6, 6.07) is 0. The van der Waals surface area contributed by atoms with Gasteiger partial charge in [0.1, 0.15) is 0 Å². The lowest BCUT2D eigenvalue weighted by Gasteiger charge is -2.40. The summed E-state index contributed by atoms with van der Waals surface area (Å²) in [6.45, 7) is 2.29. The van der Waals surface area contributed by atoms with Gasteiger partial charge in [0.2, 0.25) is 5.91 Å². The topological polar surface area (TPSA) is 29.1 Å². The molecule has 0 radical (unpaired) electrons. The Labute approximate surface area is 92.8 Å². The van der Waals surface area contributed by atoms with Gasteiger partial charge in [0.05, 0.1) is 0 Å². The molecule has 2 rings (SSSR count). The van der Waals surface area contributed by atoms with E-state index >= 15 is 0 Å². The van der Waals surface area contributed by atoms with Crippen molar-refractivity contribution in [1.29, 1.82) is 0 Å². The number of carbonyl (C=O) groups is 1. The smallest absolute Gasteiger partial charge is 0.220 e. The summed E-state index contributed by atoms with van der Waals surface area (Å²) in [4.78, 5) is 11.6. The van der Waals surface area contributed by atoms with E-state index < -0.39 is 0 Å². The molecule has 2 heteroatoms. The Morgan fingerprint density at radius 3 is 2.67 bits per heavy atom. The average molecular weight is 209 g/mol. The minimum absolute atomic E-state index is 0.194. The van der Waals surface area contributed by atoms with E-state index in [0.717, 1.165) is 18.8 Å². The Bertz CT molecular complexity index is 229. The molecule has 0 unspecified atom stereocenters. The van der Waals surface area contributed by atoms with Gasteiger partial charge in [-0.2, -0.15) is 0 Å². The van der Waals surface area contributed by atoms with Crippen molar-refractivity contribution in [3.05, 3.63) is 0 Å². The van der Waals surface area contributed by atoms with Crippen LogP contribution in [0.4, 0.5) is 0 Å². The van der Waals surface area contributed by atoms with E-state index in [1.165, 1.54) is 44.9 Å². The number of hydrogen-bond donors (Lipinski definition) is 1. The van der Waals surface area contributed by atoms with E-state index in [4.69, 9.17) is 0 Å². The molecule has 1 N–H and O–H groups in total. The standard InChI is InChI=1S/C13H23NO/c1-2-11-6-9-13(10-7-11)8-4-3-5-12(15)14-13/h11H,2-10H2,1H3,(H,14,15). The molecule has 0 aromatic carbocycles. The van der Waals surface area contributed by atoms with E-state index in [-0.39, 0.29) is 5.54 Å². The number of amides is 1. The van der Waals surface area contributed by atoms with Crippen LogP contribution in [0.5, 0.6) is 0 Å². The summed E-state index contributed by atoms with van der Waals surface area (Å²) in [5.41, 5.74) is 0.194. The fourth-order valence-corrected chi connectivity index (χ4v) is 3.18. The number of rotatable bonds is 1. The van der Waals surface area contributed by atoms with Gasteiger partial charge in [-0.25, -0.2) is 0 Å². The monoisotopic (exact) mass is 209 g/mol. The highest BCUT2D eigenvalue weighted by Crippen LogP contribution is 2.38. The summed E-state index contributed by atoms with van der Waals surface area (Å²) in [5, 5.41) is 3.30. The van der Waals surface area contributed by atoms with Gasteiger partial charge in [-0.1, -0.05) is 19.8 Å². The molecule has 1 heterocycles. The molecule has 1 saturated heterocycles. The van der Waals surface area contributed by atoms with Crippen LogP contribution in [0.3, 0.4) is 0 Å². The third-order valence-electron chi connectivity index (χ3n) is 4.35. The lowest BCUT2D eigenvalue weighted by Crippen LogP contribution is -2.49. The average Bonchev–Trinajstić information content (AvgIpc) is 2.42. The molecule has 2 aliphatic rings. The van der Waals surface area contributed by atoms with Gasteiger partial charge in [0.15, 0.2) is 0 Å². The molecule has 15 heavy (non-hydrogen) atoms. The predicted octanol–water partition coefficient (Wildman–Crippen LogP) is 3.02. The summed E-state index contributed by atoms with van der Waals surface area (Å²) < 4.78 is 0. The van der Waals surface area contributed by atoms with Crippen LogP contribution in [0.1, 0.15) is 64.7 Å². The van der Waals surface area contributed by atoms with Crippen LogP contribution in [0.2, 0.25) is 0 Å². The molecule has 86 valence electrons. The van der Waals surface area contributed by atoms with Crippen LogP contribution in [-0.2, 0) is 4.79 Å². The Morgan fingerprint density at radius 2 is 2.00 bits per heavy atom. The van der Waals surface area contributed by atoms with Crippen LogP contribution in [0, 0.1) is 5.92 Å². The molecular weight excluding hydrogens is 186 g/mol. The molecule has 1 aliphatic heterocycles. The van der Waals surface area contributed by atoms with Crippen LogP contribution < -0.4 is 5.32 Å². The van der Waals surface area contributed by atoms with Gasteiger partial charge in [-0.05, 0) is 44.4 Å². The van der Waals surface area contributed by atoms with Gasteiger partial charge in [-0.15, -0.1) is 0 Å². The molecule has 1 saturated carbocycles. The second-order valence-electron chi connectivity index (χ2n) is 5.39. The fourth-order valence-electron chi connectivity index (χ4n) is 3.18. The summed E-state index contributed by atoms with van der Waals surface area (Å²) >= 11 is 0. The van der Waals surface area contributed by atoms with Crippen LogP contribution in [-0.4, -0.2) is 11.4 Å². The zero-order valence-corrected chi connectivity index (χ0v) is 9.85. The maximum atomic E-state index is 11.6. The van der Waals surface area contributed by atoms with Crippen molar-refractivity contribution >= 4 is 5.91 Å². The maximum absolute atomic E-state index is 11.6. The molecule has 1 amide bonds. The minimum Gasteiger partial charge on any atom is -0.351 e. The molecular formula is C13H23NO. The molecule has 0 atom stereocenters. The number of carbonyl (C=O) groups excluding carboxylic acids is 1. The van der Waals surface area contributed by atoms with Crippen molar-refractivity contribution in [3.8, 4) is 0 Å². The van der Waals surface area contributed by atoms with Gasteiger partial charge < -0.3 is 5.32 Å². The quantitative estimate of drug-likeness (QED) is 0.706. The van der Waals surface area contributed by atoms with E-state index in [2.05, 4.69) is 12.2 Å².